The van der Waals surface area contributed by atoms with Crippen molar-refractivity contribution in [1.29, 1.82) is 0 Å². The van der Waals surface area contributed by atoms with Gasteiger partial charge in [-0.25, -0.2) is 4.68 Å². The van der Waals surface area contributed by atoms with Gasteiger partial charge in [-0.15, -0.1) is 0 Å². The standard InChI is InChI=1S/C20H17ClN4O3/c1-28-13-8-6-12(7-9-13)16-10-18-23-19(26)11-17(25(18)24-16)20(27)22-15-5-3-2-4-14(15)21/h2-10,17H,11H2,1H3,(H,22,27)(H,23,26)/t17-/m0/s1. The fraction of sp³-hybridized carbons (Fsp3) is 0.150. The largest absolute Gasteiger partial charge is 0.497 e. The molecule has 0 unspecified atom stereocenters. The lowest BCUT2D eigenvalue weighted by atomic mass is 10.1. The third kappa shape index (κ3) is 3.44. The highest BCUT2D eigenvalue weighted by molar-refractivity contribution is 6.33. The Morgan fingerprint density at radius 2 is 2.00 bits per heavy atom. The molecule has 3 aromatic rings. The van der Waals surface area contributed by atoms with E-state index in [9.17, 15) is 9.59 Å². The summed E-state index contributed by atoms with van der Waals surface area (Å²) < 4.78 is 6.70. The van der Waals surface area contributed by atoms with Gasteiger partial charge in [0.05, 0.1) is 29.9 Å². The number of methoxy groups -OCH3 is 1. The summed E-state index contributed by atoms with van der Waals surface area (Å²) >= 11 is 6.12. The Morgan fingerprint density at radius 3 is 2.71 bits per heavy atom. The van der Waals surface area contributed by atoms with Gasteiger partial charge in [0.25, 0.3) is 0 Å². The smallest absolute Gasteiger partial charge is 0.249 e. The molecule has 7 nitrogen and oxygen atoms in total. The molecule has 1 atom stereocenters. The second kappa shape index (κ2) is 7.36. The molecule has 1 aromatic heterocycles. The van der Waals surface area contributed by atoms with E-state index in [1.54, 1.807) is 37.4 Å². The molecule has 0 spiro atoms. The van der Waals surface area contributed by atoms with Gasteiger partial charge in [-0.2, -0.15) is 5.10 Å². The topological polar surface area (TPSA) is 85.2 Å². The van der Waals surface area contributed by atoms with Crippen molar-refractivity contribution in [3.8, 4) is 17.0 Å². The average molecular weight is 397 g/mol. The molecule has 2 amide bonds. The number of benzene rings is 2. The van der Waals surface area contributed by atoms with E-state index in [1.165, 1.54) is 4.68 Å². The third-order valence-corrected chi connectivity index (χ3v) is 4.83. The molecule has 8 heteroatoms. The summed E-state index contributed by atoms with van der Waals surface area (Å²) in [7, 11) is 1.60. The van der Waals surface area contributed by atoms with Crippen LogP contribution in [-0.4, -0.2) is 28.7 Å². The monoisotopic (exact) mass is 396 g/mol. The van der Waals surface area contributed by atoms with E-state index in [0.29, 0.717) is 22.2 Å². The SMILES string of the molecule is COc1ccc(-c2cc3n(n2)[C@H](C(=O)Nc2ccccc2Cl)CC(=O)N3)cc1. The maximum Gasteiger partial charge on any atom is 0.249 e. The Hall–Kier alpha value is -3.32. The highest BCUT2D eigenvalue weighted by Gasteiger charge is 2.32. The van der Waals surface area contributed by atoms with Gasteiger partial charge in [-0.3, -0.25) is 9.59 Å². The number of nitrogens with zero attached hydrogens (tertiary/aromatic N) is 2. The molecule has 0 bridgehead atoms. The number of para-hydroxylation sites is 1. The van der Waals surface area contributed by atoms with Gasteiger partial charge >= 0.3 is 0 Å². The predicted molar refractivity (Wildman–Crippen MR) is 107 cm³/mol. The van der Waals surface area contributed by atoms with Gasteiger partial charge in [0.1, 0.15) is 17.6 Å². The van der Waals surface area contributed by atoms with Crippen LogP contribution in [0.5, 0.6) is 5.75 Å². The zero-order chi connectivity index (χ0) is 19.7. The number of hydrogen-bond donors (Lipinski definition) is 2. The van der Waals surface area contributed by atoms with Crippen molar-refractivity contribution >= 4 is 34.9 Å². The van der Waals surface area contributed by atoms with Crippen molar-refractivity contribution < 1.29 is 14.3 Å². The van der Waals surface area contributed by atoms with Crippen LogP contribution in [0.15, 0.2) is 54.6 Å². The molecule has 2 N–H and O–H groups in total. The van der Waals surface area contributed by atoms with Crippen LogP contribution in [0.25, 0.3) is 11.3 Å². The van der Waals surface area contributed by atoms with Gasteiger partial charge in [0, 0.05) is 11.6 Å². The molecule has 0 saturated carbocycles. The first-order valence-corrected chi connectivity index (χ1v) is 9.02. The number of hydrogen-bond acceptors (Lipinski definition) is 4. The molecule has 0 aliphatic carbocycles. The Balaban J connectivity index is 1.64. The van der Waals surface area contributed by atoms with Crippen LogP contribution in [0, 0.1) is 0 Å². The van der Waals surface area contributed by atoms with Crippen LogP contribution >= 0.6 is 11.6 Å². The molecule has 2 aromatic carbocycles. The zero-order valence-corrected chi connectivity index (χ0v) is 15.7. The lowest BCUT2D eigenvalue weighted by Crippen LogP contribution is -2.35. The molecule has 142 valence electrons. The van der Waals surface area contributed by atoms with E-state index >= 15 is 0 Å². The van der Waals surface area contributed by atoms with Crippen molar-refractivity contribution in [2.75, 3.05) is 17.7 Å². The summed E-state index contributed by atoms with van der Waals surface area (Å²) in [6.45, 7) is 0. The van der Waals surface area contributed by atoms with Crippen LogP contribution in [0.1, 0.15) is 12.5 Å². The second-order valence-electron chi connectivity index (χ2n) is 6.33. The Bertz CT molecular complexity index is 1050. The van der Waals surface area contributed by atoms with Crippen molar-refractivity contribution in [2.24, 2.45) is 0 Å². The minimum Gasteiger partial charge on any atom is -0.497 e. The van der Waals surface area contributed by atoms with Crippen LogP contribution in [-0.2, 0) is 9.59 Å². The summed E-state index contributed by atoms with van der Waals surface area (Å²) in [5.74, 6) is 0.612. The number of rotatable bonds is 4. The minimum absolute atomic E-state index is 0.00693. The van der Waals surface area contributed by atoms with Gasteiger partial charge < -0.3 is 15.4 Å². The van der Waals surface area contributed by atoms with Gasteiger partial charge in [0.15, 0.2) is 0 Å². The van der Waals surface area contributed by atoms with Crippen molar-refractivity contribution in [3.05, 3.63) is 59.6 Å². The van der Waals surface area contributed by atoms with Crippen LogP contribution in [0.2, 0.25) is 5.02 Å². The first-order valence-electron chi connectivity index (χ1n) is 8.64. The van der Waals surface area contributed by atoms with Gasteiger partial charge in [-0.1, -0.05) is 23.7 Å². The van der Waals surface area contributed by atoms with Gasteiger partial charge in [-0.05, 0) is 36.4 Å². The van der Waals surface area contributed by atoms with Gasteiger partial charge in [0.2, 0.25) is 11.8 Å². The van der Waals surface area contributed by atoms with Crippen LogP contribution < -0.4 is 15.4 Å². The highest BCUT2D eigenvalue weighted by Crippen LogP contribution is 2.31. The molecular formula is C20H17ClN4O3. The number of amides is 2. The quantitative estimate of drug-likeness (QED) is 0.703. The molecule has 0 fully saturated rings. The number of fused-ring (bicyclic) bond motifs is 1. The minimum atomic E-state index is -0.771. The number of carbonyl (C=O) groups is 2. The normalized spacial score (nSPS) is 15.5. The van der Waals surface area contributed by atoms with Crippen LogP contribution in [0.4, 0.5) is 11.5 Å². The van der Waals surface area contributed by atoms with Crippen LogP contribution in [0.3, 0.4) is 0 Å². The predicted octanol–water partition coefficient (Wildman–Crippen LogP) is 3.73. The fourth-order valence-electron chi connectivity index (χ4n) is 3.07. The summed E-state index contributed by atoms with van der Waals surface area (Å²) in [6.07, 6.45) is -0.00693. The molecule has 28 heavy (non-hydrogen) atoms. The summed E-state index contributed by atoms with van der Waals surface area (Å²) in [4.78, 5) is 24.9. The summed E-state index contributed by atoms with van der Waals surface area (Å²) in [5, 5.41) is 10.5. The zero-order valence-electron chi connectivity index (χ0n) is 15.0. The van der Waals surface area contributed by atoms with E-state index in [-0.39, 0.29) is 18.2 Å². The molecule has 0 saturated heterocycles. The third-order valence-electron chi connectivity index (χ3n) is 4.50. The van der Waals surface area contributed by atoms with E-state index in [1.807, 2.05) is 24.3 Å². The molecule has 0 radical (unpaired) electrons. The number of nitrogens with one attached hydrogen (secondary N) is 2. The molecule has 1 aliphatic heterocycles. The van der Waals surface area contributed by atoms with E-state index < -0.39 is 6.04 Å². The number of anilines is 2. The fourth-order valence-corrected chi connectivity index (χ4v) is 3.25. The highest BCUT2D eigenvalue weighted by atomic mass is 35.5. The van der Waals surface area contributed by atoms with E-state index in [2.05, 4.69) is 15.7 Å². The Labute approximate surface area is 166 Å². The van der Waals surface area contributed by atoms with Crippen molar-refractivity contribution in [3.63, 3.8) is 0 Å². The first kappa shape index (κ1) is 18.1. The maximum absolute atomic E-state index is 12.8. The summed E-state index contributed by atoms with van der Waals surface area (Å²) in [5.41, 5.74) is 1.99. The molecular weight excluding hydrogens is 380 g/mol. The van der Waals surface area contributed by atoms with E-state index in [0.717, 1.165) is 11.3 Å². The lowest BCUT2D eigenvalue weighted by Gasteiger charge is -2.23. The second-order valence-corrected chi connectivity index (χ2v) is 6.73. The first-order chi connectivity index (χ1) is 13.5. The maximum atomic E-state index is 12.8. The molecule has 4 rings (SSSR count). The Morgan fingerprint density at radius 1 is 1.25 bits per heavy atom. The lowest BCUT2D eigenvalue weighted by molar-refractivity contribution is -0.125. The van der Waals surface area contributed by atoms with E-state index in [4.69, 9.17) is 16.3 Å². The van der Waals surface area contributed by atoms with Crippen molar-refractivity contribution in [1.82, 2.24) is 9.78 Å². The summed E-state index contributed by atoms with van der Waals surface area (Å²) in [6, 6.07) is 15.3. The number of ether oxygens (including phenoxy) is 1. The number of carbonyl (C=O) groups excluding carboxylic acids is 2. The molecule has 1 aliphatic rings. The Kier molecular flexibility index (Phi) is 4.75. The number of halogens is 1. The van der Waals surface area contributed by atoms with Crippen molar-refractivity contribution in [2.45, 2.75) is 12.5 Å². The average Bonchev–Trinajstić information content (AvgIpc) is 3.13. The molecule has 2 heterocycles. The number of aromatic nitrogens is 2.